The Bertz CT molecular complexity index is 432. The Hall–Kier alpha value is -2.36. The van der Waals surface area contributed by atoms with Crippen molar-refractivity contribution in [3.8, 4) is 47.4 Å². The van der Waals surface area contributed by atoms with E-state index in [2.05, 4.69) is 47.4 Å². The maximum atomic E-state index is 8.33. The molecule has 0 radical (unpaired) electrons. The van der Waals surface area contributed by atoms with E-state index < -0.39 is 0 Å². The molecular formula is C14H10O2. The molecule has 0 aliphatic heterocycles. The van der Waals surface area contributed by atoms with E-state index in [1.165, 1.54) is 12.2 Å². The summed E-state index contributed by atoms with van der Waals surface area (Å²) >= 11 is 0. The second kappa shape index (κ2) is 12.6. The average Bonchev–Trinajstić information content (AvgIpc) is 2.31. The van der Waals surface area contributed by atoms with Crippen molar-refractivity contribution in [2.75, 3.05) is 13.2 Å². The Morgan fingerprint density at radius 1 is 0.625 bits per heavy atom. The molecule has 0 fully saturated rings. The van der Waals surface area contributed by atoms with Crippen LogP contribution in [0.4, 0.5) is 0 Å². The molecule has 78 valence electrons. The summed E-state index contributed by atoms with van der Waals surface area (Å²) < 4.78 is 0. The molecule has 0 heterocycles. The van der Waals surface area contributed by atoms with E-state index in [4.69, 9.17) is 10.2 Å². The fraction of sp³-hybridized carbons (Fsp3) is 0.143. The van der Waals surface area contributed by atoms with Crippen LogP contribution in [-0.2, 0) is 0 Å². The Morgan fingerprint density at radius 3 is 1.38 bits per heavy atom. The lowest BCUT2D eigenvalue weighted by Gasteiger charge is -1.66. The summed E-state index contributed by atoms with van der Waals surface area (Å²) in [6.07, 6.45) is 6.17. The smallest absolute Gasteiger partial charge is 0.104 e. The molecule has 2 nitrogen and oxygen atoms in total. The van der Waals surface area contributed by atoms with E-state index in [1.54, 1.807) is 12.2 Å². The van der Waals surface area contributed by atoms with Crippen LogP contribution in [0, 0.1) is 47.4 Å². The minimum absolute atomic E-state index is 0.156. The van der Waals surface area contributed by atoms with Crippen LogP contribution in [0.15, 0.2) is 24.3 Å². The highest BCUT2D eigenvalue weighted by atomic mass is 16.3. The highest BCUT2D eigenvalue weighted by Crippen LogP contribution is 1.68. The first-order valence-corrected chi connectivity index (χ1v) is 4.41. The Morgan fingerprint density at radius 2 is 1.00 bits per heavy atom. The molecule has 0 saturated heterocycles. The lowest BCUT2D eigenvalue weighted by Crippen LogP contribution is -1.68. The minimum Gasteiger partial charge on any atom is -0.384 e. The van der Waals surface area contributed by atoms with Gasteiger partial charge in [-0.15, -0.1) is 0 Å². The third kappa shape index (κ3) is 11.6. The second-order valence-corrected chi connectivity index (χ2v) is 2.16. The summed E-state index contributed by atoms with van der Waals surface area (Å²) in [7, 11) is 0. The SMILES string of the molecule is OCC#C/C=C\C#CC#C/C=C\C#CCO. The van der Waals surface area contributed by atoms with E-state index in [0.717, 1.165) is 0 Å². The zero-order chi connectivity index (χ0) is 11.9. The van der Waals surface area contributed by atoms with E-state index in [0.29, 0.717) is 0 Å². The molecule has 0 unspecified atom stereocenters. The van der Waals surface area contributed by atoms with Gasteiger partial charge in [-0.3, -0.25) is 0 Å². The summed E-state index contributed by atoms with van der Waals surface area (Å²) in [5, 5.41) is 16.7. The zero-order valence-corrected chi connectivity index (χ0v) is 8.62. The topological polar surface area (TPSA) is 40.5 Å². The average molecular weight is 210 g/mol. The number of aliphatic hydroxyl groups is 2. The fourth-order valence-corrected chi connectivity index (χ4v) is 0.531. The van der Waals surface area contributed by atoms with Crippen LogP contribution in [0.3, 0.4) is 0 Å². The van der Waals surface area contributed by atoms with Crippen molar-refractivity contribution in [1.29, 1.82) is 0 Å². The molecule has 0 aromatic carbocycles. The van der Waals surface area contributed by atoms with Gasteiger partial charge in [0.15, 0.2) is 0 Å². The molecule has 0 aromatic rings. The van der Waals surface area contributed by atoms with Gasteiger partial charge >= 0.3 is 0 Å². The van der Waals surface area contributed by atoms with Gasteiger partial charge in [-0.25, -0.2) is 0 Å². The monoisotopic (exact) mass is 210 g/mol. The summed E-state index contributed by atoms with van der Waals surface area (Å²) in [6.45, 7) is -0.311. The van der Waals surface area contributed by atoms with Gasteiger partial charge in [0.2, 0.25) is 0 Å². The van der Waals surface area contributed by atoms with Gasteiger partial charge in [0, 0.05) is 0 Å². The van der Waals surface area contributed by atoms with Crippen LogP contribution in [0.2, 0.25) is 0 Å². The normalized spacial score (nSPS) is 7.88. The Kier molecular flexibility index (Phi) is 10.8. The van der Waals surface area contributed by atoms with Gasteiger partial charge in [0.05, 0.1) is 0 Å². The molecule has 0 rings (SSSR count). The third-order valence-electron chi connectivity index (χ3n) is 1.07. The number of rotatable bonds is 0. The Balaban J connectivity index is 3.97. The maximum absolute atomic E-state index is 8.33. The van der Waals surface area contributed by atoms with Gasteiger partial charge in [-0.2, -0.15) is 0 Å². The largest absolute Gasteiger partial charge is 0.384 e. The van der Waals surface area contributed by atoms with Crippen molar-refractivity contribution in [2.24, 2.45) is 0 Å². The molecule has 0 amide bonds. The van der Waals surface area contributed by atoms with Crippen LogP contribution in [-0.4, -0.2) is 23.4 Å². The molecule has 2 N–H and O–H groups in total. The van der Waals surface area contributed by atoms with Crippen molar-refractivity contribution in [1.82, 2.24) is 0 Å². The van der Waals surface area contributed by atoms with Crippen molar-refractivity contribution < 1.29 is 10.2 Å². The van der Waals surface area contributed by atoms with E-state index >= 15 is 0 Å². The molecular weight excluding hydrogens is 200 g/mol. The maximum Gasteiger partial charge on any atom is 0.104 e. The first-order valence-electron chi connectivity index (χ1n) is 4.41. The zero-order valence-electron chi connectivity index (χ0n) is 8.62. The summed E-state index contributed by atoms with van der Waals surface area (Å²) in [5.74, 6) is 20.5. The van der Waals surface area contributed by atoms with Crippen LogP contribution in [0.1, 0.15) is 0 Å². The van der Waals surface area contributed by atoms with Crippen LogP contribution < -0.4 is 0 Å². The quantitative estimate of drug-likeness (QED) is 0.557. The summed E-state index contributed by atoms with van der Waals surface area (Å²) in [4.78, 5) is 0. The van der Waals surface area contributed by atoms with Crippen molar-refractivity contribution >= 4 is 0 Å². The lowest BCUT2D eigenvalue weighted by molar-refractivity contribution is 0.350. The number of aliphatic hydroxyl groups excluding tert-OH is 2. The van der Waals surface area contributed by atoms with Crippen molar-refractivity contribution in [2.45, 2.75) is 0 Å². The fourth-order valence-electron chi connectivity index (χ4n) is 0.531. The van der Waals surface area contributed by atoms with Crippen LogP contribution in [0.5, 0.6) is 0 Å². The van der Waals surface area contributed by atoms with Gasteiger partial charge in [-0.1, -0.05) is 35.5 Å². The molecule has 16 heavy (non-hydrogen) atoms. The minimum atomic E-state index is -0.156. The number of allylic oxidation sites excluding steroid dienone is 4. The predicted molar refractivity (Wildman–Crippen MR) is 63.6 cm³/mol. The summed E-state index contributed by atoms with van der Waals surface area (Å²) in [5.41, 5.74) is 0. The van der Waals surface area contributed by atoms with Crippen LogP contribution >= 0.6 is 0 Å². The number of hydrogen-bond acceptors (Lipinski definition) is 2. The van der Waals surface area contributed by atoms with Gasteiger partial charge in [0.25, 0.3) is 0 Å². The first kappa shape index (κ1) is 13.6. The van der Waals surface area contributed by atoms with E-state index in [-0.39, 0.29) is 13.2 Å². The van der Waals surface area contributed by atoms with Gasteiger partial charge in [0.1, 0.15) is 13.2 Å². The standard InChI is InChI=1S/C14H10O2/c15-13-11-9-7-5-3-1-2-4-6-8-10-12-14-16/h5-8,15-16H,13-14H2/b7-5-,8-6-. The van der Waals surface area contributed by atoms with Crippen LogP contribution in [0.25, 0.3) is 0 Å². The Labute approximate surface area is 95.7 Å². The third-order valence-corrected chi connectivity index (χ3v) is 1.07. The summed E-state index contributed by atoms with van der Waals surface area (Å²) in [6, 6.07) is 0. The first-order chi connectivity index (χ1) is 7.91. The molecule has 0 aliphatic carbocycles. The highest BCUT2D eigenvalue weighted by molar-refractivity contribution is 5.36. The van der Waals surface area contributed by atoms with Crippen molar-refractivity contribution in [3.05, 3.63) is 24.3 Å². The van der Waals surface area contributed by atoms with E-state index in [1.807, 2.05) is 0 Å². The molecule has 0 aromatic heterocycles. The van der Waals surface area contributed by atoms with E-state index in [9.17, 15) is 0 Å². The molecule has 0 bridgehead atoms. The highest BCUT2D eigenvalue weighted by Gasteiger charge is 1.61. The molecule has 2 heteroatoms. The van der Waals surface area contributed by atoms with Gasteiger partial charge < -0.3 is 10.2 Å². The predicted octanol–water partition coefficient (Wildman–Crippen LogP) is 0.0970. The molecule has 0 saturated carbocycles. The lowest BCUT2D eigenvalue weighted by atomic mass is 10.4. The molecule has 0 spiro atoms. The molecule has 0 atom stereocenters. The number of hydrogen-bond donors (Lipinski definition) is 2. The van der Waals surface area contributed by atoms with Crippen molar-refractivity contribution in [3.63, 3.8) is 0 Å². The second-order valence-electron chi connectivity index (χ2n) is 2.16. The van der Waals surface area contributed by atoms with Gasteiger partial charge in [-0.05, 0) is 36.1 Å². The molecule has 0 aliphatic rings.